The first-order valence-corrected chi connectivity index (χ1v) is 6.35. The molecule has 1 aliphatic rings. The molecule has 0 aromatic rings. The first-order valence-electron chi connectivity index (χ1n) is 6.35. The summed E-state index contributed by atoms with van der Waals surface area (Å²) in [4.78, 5) is 23.7. The van der Waals surface area contributed by atoms with E-state index < -0.39 is 11.9 Å². The predicted molar refractivity (Wildman–Crippen MR) is 67.8 cm³/mol. The highest BCUT2D eigenvalue weighted by molar-refractivity contribution is 6.07. The maximum Gasteiger partial charge on any atom is 0.338 e. The molecule has 0 fully saturated rings. The molecule has 1 aliphatic carbocycles. The standard InChI is InChI=1S/C14H20O4/c1-4-17-13(15)11-8-6-10(3)7-9-12(11)14(16)18-5-2/h8-10H,4-7H2,1-3H3. The van der Waals surface area contributed by atoms with Gasteiger partial charge in [0.05, 0.1) is 24.4 Å². The fourth-order valence-corrected chi connectivity index (χ4v) is 1.76. The van der Waals surface area contributed by atoms with Crippen molar-refractivity contribution in [2.45, 2.75) is 33.6 Å². The molecule has 0 atom stereocenters. The topological polar surface area (TPSA) is 52.6 Å². The lowest BCUT2D eigenvalue weighted by Gasteiger charge is -2.09. The Morgan fingerprint density at radius 2 is 1.44 bits per heavy atom. The molecule has 4 nitrogen and oxygen atoms in total. The van der Waals surface area contributed by atoms with Crippen LogP contribution in [-0.4, -0.2) is 25.2 Å². The summed E-state index contributed by atoms with van der Waals surface area (Å²) in [5, 5.41) is 0. The van der Waals surface area contributed by atoms with Gasteiger partial charge in [-0.05, 0) is 32.6 Å². The SMILES string of the molecule is CCOC(=O)C1=CCC(C)CC=C1C(=O)OCC. The first kappa shape index (κ1) is 14.5. The molecule has 0 amide bonds. The number of hydrogen-bond donors (Lipinski definition) is 0. The summed E-state index contributed by atoms with van der Waals surface area (Å²) >= 11 is 0. The number of rotatable bonds is 4. The van der Waals surface area contributed by atoms with Crippen LogP contribution in [0, 0.1) is 5.92 Å². The van der Waals surface area contributed by atoms with Crippen LogP contribution in [0.3, 0.4) is 0 Å². The van der Waals surface area contributed by atoms with Crippen LogP contribution in [-0.2, 0) is 19.1 Å². The van der Waals surface area contributed by atoms with Gasteiger partial charge in [-0.15, -0.1) is 0 Å². The largest absolute Gasteiger partial charge is 0.462 e. The zero-order chi connectivity index (χ0) is 13.5. The molecule has 1 rings (SSSR count). The molecule has 4 heteroatoms. The van der Waals surface area contributed by atoms with Crippen LogP contribution in [0.2, 0.25) is 0 Å². The van der Waals surface area contributed by atoms with Crippen molar-refractivity contribution in [3.63, 3.8) is 0 Å². The Labute approximate surface area is 108 Å². The fourth-order valence-electron chi connectivity index (χ4n) is 1.76. The zero-order valence-corrected chi connectivity index (χ0v) is 11.2. The molecular formula is C14H20O4. The minimum Gasteiger partial charge on any atom is -0.462 e. The highest BCUT2D eigenvalue weighted by atomic mass is 16.5. The van der Waals surface area contributed by atoms with Gasteiger partial charge in [0, 0.05) is 0 Å². The summed E-state index contributed by atoms with van der Waals surface area (Å²) in [5.74, 6) is -0.502. The molecule has 0 spiro atoms. The highest BCUT2D eigenvalue weighted by Gasteiger charge is 2.24. The van der Waals surface area contributed by atoms with Crippen molar-refractivity contribution >= 4 is 11.9 Å². The molecule has 0 heterocycles. The van der Waals surface area contributed by atoms with Gasteiger partial charge in [0.25, 0.3) is 0 Å². The maximum absolute atomic E-state index is 11.8. The third-order valence-corrected chi connectivity index (χ3v) is 2.73. The number of allylic oxidation sites excluding steroid dienone is 2. The number of ether oxygens (including phenoxy) is 2. The Morgan fingerprint density at radius 3 is 1.78 bits per heavy atom. The van der Waals surface area contributed by atoms with Gasteiger partial charge in [-0.25, -0.2) is 9.59 Å². The zero-order valence-electron chi connectivity index (χ0n) is 11.2. The van der Waals surface area contributed by atoms with Crippen molar-refractivity contribution in [2.75, 3.05) is 13.2 Å². The number of carbonyl (C=O) groups is 2. The minimum atomic E-state index is -0.453. The van der Waals surface area contributed by atoms with E-state index in [1.807, 2.05) is 0 Å². The van der Waals surface area contributed by atoms with E-state index in [1.165, 1.54) is 0 Å². The van der Waals surface area contributed by atoms with Gasteiger partial charge < -0.3 is 9.47 Å². The Hall–Kier alpha value is -1.58. The number of hydrogen-bond acceptors (Lipinski definition) is 4. The molecule has 0 N–H and O–H groups in total. The Morgan fingerprint density at radius 1 is 1.06 bits per heavy atom. The summed E-state index contributed by atoms with van der Waals surface area (Å²) in [7, 11) is 0. The summed E-state index contributed by atoms with van der Waals surface area (Å²) in [6, 6.07) is 0. The lowest BCUT2D eigenvalue weighted by molar-refractivity contribution is -0.142. The quantitative estimate of drug-likeness (QED) is 0.721. The van der Waals surface area contributed by atoms with Crippen molar-refractivity contribution in [3.8, 4) is 0 Å². The van der Waals surface area contributed by atoms with E-state index in [0.717, 1.165) is 12.8 Å². The Bertz CT molecular complexity index is 343. The van der Waals surface area contributed by atoms with Gasteiger partial charge in [-0.2, -0.15) is 0 Å². The van der Waals surface area contributed by atoms with Crippen LogP contribution in [0.25, 0.3) is 0 Å². The fraction of sp³-hybridized carbons (Fsp3) is 0.571. The van der Waals surface area contributed by atoms with Gasteiger partial charge >= 0.3 is 11.9 Å². The van der Waals surface area contributed by atoms with Gasteiger partial charge in [0.15, 0.2) is 0 Å². The second-order valence-corrected chi connectivity index (χ2v) is 4.25. The molecule has 18 heavy (non-hydrogen) atoms. The highest BCUT2D eigenvalue weighted by Crippen LogP contribution is 2.24. The molecule has 0 aromatic heterocycles. The van der Waals surface area contributed by atoms with E-state index in [9.17, 15) is 9.59 Å². The van der Waals surface area contributed by atoms with Crippen LogP contribution in [0.5, 0.6) is 0 Å². The molecular weight excluding hydrogens is 232 g/mol. The predicted octanol–water partition coefficient (Wildman–Crippen LogP) is 2.40. The van der Waals surface area contributed by atoms with Crippen molar-refractivity contribution in [1.29, 1.82) is 0 Å². The maximum atomic E-state index is 11.8. The van der Waals surface area contributed by atoms with Crippen LogP contribution in [0.1, 0.15) is 33.6 Å². The summed E-state index contributed by atoms with van der Waals surface area (Å²) < 4.78 is 9.95. The van der Waals surface area contributed by atoms with Crippen molar-refractivity contribution in [2.24, 2.45) is 5.92 Å². The molecule has 0 aromatic carbocycles. The van der Waals surface area contributed by atoms with Gasteiger partial charge in [0.1, 0.15) is 0 Å². The third kappa shape index (κ3) is 3.72. The van der Waals surface area contributed by atoms with Crippen molar-refractivity contribution in [3.05, 3.63) is 23.3 Å². The Balaban J connectivity index is 2.99. The van der Waals surface area contributed by atoms with E-state index in [4.69, 9.17) is 9.47 Å². The lowest BCUT2D eigenvalue weighted by atomic mass is 10.1. The van der Waals surface area contributed by atoms with Crippen molar-refractivity contribution < 1.29 is 19.1 Å². The second kappa shape index (κ2) is 6.99. The molecule has 0 aliphatic heterocycles. The van der Waals surface area contributed by atoms with Crippen LogP contribution in [0.4, 0.5) is 0 Å². The molecule has 0 bridgehead atoms. The van der Waals surface area contributed by atoms with Crippen LogP contribution < -0.4 is 0 Å². The molecule has 0 saturated carbocycles. The second-order valence-electron chi connectivity index (χ2n) is 4.25. The first-order chi connectivity index (χ1) is 8.60. The minimum absolute atomic E-state index is 0.293. The summed E-state index contributed by atoms with van der Waals surface area (Å²) in [5.41, 5.74) is 0.666. The van der Waals surface area contributed by atoms with Gasteiger partial charge in [-0.3, -0.25) is 0 Å². The Kier molecular flexibility index (Phi) is 5.62. The molecule has 100 valence electrons. The van der Waals surface area contributed by atoms with E-state index in [2.05, 4.69) is 6.92 Å². The smallest absolute Gasteiger partial charge is 0.338 e. The number of esters is 2. The summed E-state index contributed by atoms with van der Waals surface area (Å²) in [6.07, 6.45) is 5.07. The van der Waals surface area contributed by atoms with E-state index >= 15 is 0 Å². The van der Waals surface area contributed by atoms with Crippen LogP contribution in [0.15, 0.2) is 23.3 Å². The van der Waals surface area contributed by atoms with E-state index in [0.29, 0.717) is 30.3 Å². The monoisotopic (exact) mass is 252 g/mol. The third-order valence-electron chi connectivity index (χ3n) is 2.73. The van der Waals surface area contributed by atoms with E-state index in [1.54, 1.807) is 26.0 Å². The average Bonchev–Trinajstić information content (AvgIpc) is 2.52. The molecule has 0 saturated heterocycles. The van der Waals surface area contributed by atoms with Crippen molar-refractivity contribution in [1.82, 2.24) is 0 Å². The van der Waals surface area contributed by atoms with Crippen LogP contribution >= 0.6 is 0 Å². The average molecular weight is 252 g/mol. The molecule has 0 radical (unpaired) electrons. The normalized spacial score (nSPS) is 16.4. The summed E-state index contributed by atoms with van der Waals surface area (Å²) in [6.45, 7) is 6.14. The number of carbonyl (C=O) groups excluding carboxylic acids is 2. The lowest BCUT2D eigenvalue weighted by Crippen LogP contribution is -2.16. The van der Waals surface area contributed by atoms with Gasteiger partial charge in [0.2, 0.25) is 0 Å². The van der Waals surface area contributed by atoms with E-state index in [-0.39, 0.29) is 0 Å². The molecule has 0 unspecified atom stereocenters. The van der Waals surface area contributed by atoms with Gasteiger partial charge in [-0.1, -0.05) is 19.1 Å².